The Balaban J connectivity index is -0.000000268. The van der Waals surface area contributed by atoms with Crippen molar-refractivity contribution < 1.29 is 71.4 Å². The number of ketones is 2. The number of carbonyl (C=O) groups excluding carboxylic acids is 5. The normalized spacial score (nSPS) is 11.3. The Morgan fingerprint density at radius 1 is 0.597 bits per heavy atom. The first kappa shape index (κ1) is 75.6. The lowest BCUT2D eigenvalue weighted by Crippen LogP contribution is -3.00. The molecule has 0 unspecified atom stereocenters. The number of halogens is 2. The van der Waals surface area contributed by atoms with Crippen LogP contribution in [0.4, 0.5) is 4.79 Å². The number of ether oxygens (including phenoxy) is 2. The molecule has 72 heavy (non-hydrogen) atoms. The van der Waals surface area contributed by atoms with Crippen molar-refractivity contribution in [2.45, 2.75) is 189 Å². The van der Waals surface area contributed by atoms with E-state index >= 15 is 0 Å². The van der Waals surface area contributed by atoms with Gasteiger partial charge in [0.1, 0.15) is 29.8 Å². The van der Waals surface area contributed by atoms with Crippen LogP contribution in [-0.4, -0.2) is 87.6 Å². The van der Waals surface area contributed by atoms with Crippen LogP contribution in [0.3, 0.4) is 0 Å². The SMILES string of the molecule is C.CC(C)(C)OC(=O)NCC(=O)O.CC(C)(C)OC(=O)[C@@H](N)Cc1ccccc1.CCC(=O)O.CCCCCC(=O)[C@@H]([NH3+])Cc1ccccc1.CCCCCC(=O)[C@H](Cc1ccccc1)NC(=O)CC.Cl.[Cl-]. The number of amides is 2. The molecule has 3 rings (SSSR count). The van der Waals surface area contributed by atoms with Gasteiger partial charge in [-0.05, 0) is 83.9 Å². The molecule has 0 fully saturated rings. The molecule has 2 amide bonds. The summed E-state index contributed by atoms with van der Waals surface area (Å²) in [4.78, 5) is 77.4. The lowest BCUT2D eigenvalue weighted by molar-refractivity contribution is -0.402. The number of nitrogens with two attached hydrogens (primary N) is 1. The van der Waals surface area contributed by atoms with Crippen LogP contribution in [0.5, 0.6) is 0 Å². The number of carbonyl (C=O) groups is 7. The summed E-state index contributed by atoms with van der Waals surface area (Å²) >= 11 is 0. The quantitative estimate of drug-likeness (QED) is 0.0479. The van der Waals surface area contributed by atoms with Gasteiger partial charge >= 0.3 is 24.0 Å². The van der Waals surface area contributed by atoms with Gasteiger partial charge in [0.2, 0.25) is 5.91 Å². The van der Waals surface area contributed by atoms with Crippen molar-refractivity contribution in [2.75, 3.05) is 6.54 Å². The minimum Gasteiger partial charge on any atom is -1.00 e. The highest BCUT2D eigenvalue weighted by Crippen LogP contribution is 2.12. The first-order chi connectivity index (χ1) is 32.4. The van der Waals surface area contributed by atoms with E-state index < -0.39 is 41.8 Å². The zero-order valence-corrected chi connectivity index (χ0v) is 45.5. The van der Waals surface area contributed by atoms with E-state index in [2.05, 4.69) is 42.3 Å². The molecule has 3 aromatic rings. The monoisotopic (exact) mass is 1050 g/mol. The number of Topliss-reactive ketones (excluding diaryl/α,β-unsaturated/α-hetero) is 2. The number of hydrogen-bond acceptors (Lipinski definition) is 10. The van der Waals surface area contributed by atoms with Crippen LogP contribution in [0.1, 0.15) is 158 Å². The zero-order chi connectivity index (χ0) is 52.8. The van der Waals surface area contributed by atoms with Gasteiger partial charge in [0.05, 0.1) is 6.04 Å². The molecule has 3 atom stereocenters. The first-order valence-electron chi connectivity index (χ1n) is 24.1. The highest BCUT2D eigenvalue weighted by atomic mass is 35.5. The third-order valence-electron chi connectivity index (χ3n) is 9.25. The van der Waals surface area contributed by atoms with Crippen molar-refractivity contribution in [3.05, 3.63) is 108 Å². The van der Waals surface area contributed by atoms with Crippen molar-refractivity contribution in [1.29, 1.82) is 0 Å². The highest BCUT2D eigenvalue weighted by Gasteiger charge is 2.23. The van der Waals surface area contributed by atoms with Gasteiger partial charge in [-0.3, -0.25) is 28.8 Å². The number of carboxylic acids is 2. The fourth-order valence-electron chi connectivity index (χ4n) is 5.67. The van der Waals surface area contributed by atoms with E-state index in [0.717, 1.165) is 56.1 Å². The molecule has 0 spiro atoms. The molecule has 17 heteroatoms. The van der Waals surface area contributed by atoms with Gasteiger partial charge in [-0.25, -0.2) is 4.79 Å². The molecule has 0 bridgehead atoms. The predicted molar refractivity (Wildman–Crippen MR) is 285 cm³/mol. The second-order valence-corrected chi connectivity index (χ2v) is 18.2. The minimum absolute atomic E-state index is 0. The maximum absolute atomic E-state index is 12.3. The van der Waals surface area contributed by atoms with Crippen LogP contribution in [0.15, 0.2) is 91.0 Å². The summed E-state index contributed by atoms with van der Waals surface area (Å²) in [5.74, 6) is -1.81. The Bertz CT molecular complexity index is 1890. The third kappa shape index (κ3) is 45.8. The number of carboxylic acid groups (broad SMARTS) is 2. The lowest BCUT2D eigenvalue weighted by atomic mass is 9.98. The van der Waals surface area contributed by atoms with E-state index in [1.54, 1.807) is 34.6 Å². The summed E-state index contributed by atoms with van der Waals surface area (Å²) in [6, 6.07) is 28.6. The second kappa shape index (κ2) is 44.4. The lowest BCUT2D eigenvalue weighted by Gasteiger charge is -2.22. The van der Waals surface area contributed by atoms with Crippen molar-refractivity contribution in [3.8, 4) is 0 Å². The van der Waals surface area contributed by atoms with E-state index in [1.165, 1.54) is 5.56 Å². The standard InChI is InChI=1S/C17H25NO2.C14H21NO.C13H19NO2.C7H13NO4.C3H6O2.CH4.2ClH/c1-3-5-7-12-16(19)15(18-17(20)4-2)13-14-10-8-6-9-11-14;1-2-3-5-10-14(16)13(15)11-12-8-6-4-7-9-12;1-13(2,3)16-12(15)11(14)9-10-7-5-4-6-8-10;1-7(2,3)12-6(11)8-4-5(9)10;1-2-3(4)5;;;/h6,8-11,15H,3-5,7,12-13H2,1-2H3,(H,18,20);4,6-9,13H,2-3,5,10-11,15H2,1H3;4-8,11H,9,14H2,1-3H3;4H2,1-3H3,(H,8,11)(H,9,10);2H2,1H3,(H,4,5);1H4;2*1H/t15-;13-;11-;;;;;/m000...../s1. The molecular formula is C55H90Cl2N4O11. The van der Waals surface area contributed by atoms with Gasteiger partial charge in [0.25, 0.3) is 0 Å². The van der Waals surface area contributed by atoms with Gasteiger partial charge < -0.3 is 54.2 Å². The van der Waals surface area contributed by atoms with Crippen LogP contribution < -0.4 is 34.5 Å². The van der Waals surface area contributed by atoms with Crippen LogP contribution in [0, 0.1) is 0 Å². The summed E-state index contributed by atoms with van der Waals surface area (Å²) in [6.45, 7) is 17.9. The Morgan fingerprint density at radius 2 is 0.986 bits per heavy atom. The predicted octanol–water partition coefficient (Wildman–Crippen LogP) is 6.30. The third-order valence-corrected chi connectivity index (χ3v) is 9.25. The number of nitrogens with one attached hydrogen (secondary N) is 2. The summed E-state index contributed by atoms with van der Waals surface area (Å²) in [6.07, 6.45) is 9.39. The number of aliphatic carboxylic acids is 2. The molecule has 0 saturated carbocycles. The molecule has 0 aromatic heterocycles. The summed E-state index contributed by atoms with van der Waals surface area (Å²) in [7, 11) is 0. The largest absolute Gasteiger partial charge is 1.00 e. The molecule has 0 radical (unpaired) electrons. The van der Waals surface area contributed by atoms with Crippen molar-refractivity contribution >= 4 is 53.9 Å². The molecular weight excluding hydrogens is 964 g/mol. The van der Waals surface area contributed by atoms with E-state index in [0.29, 0.717) is 37.9 Å². The maximum atomic E-state index is 12.3. The van der Waals surface area contributed by atoms with Crippen LogP contribution in [-0.2, 0) is 57.5 Å². The minimum atomic E-state index is -1.10. The fraction of sp³-hybridized carbons (Fsp3) is 0.545. The number of rotatable bonds is 22. The topological polar surface area (TPSA) is 256 Å². The molecule has 15 nitrogen and oxygen atoms in total. The molecule has 9 N–H and O–H groups in total. The molecule has 0 saturated heterocycles. The van der Waals surface area contributed by atoms with Crippen LogP contribution >= 0.6 is 12.4 Å². The van der Waals surface area contributed by atoms with E-state index in [1.807, 2.05) is 99.6 Å². The zero-order valence-electron chi connectivity index (χ0n) is 43.9. The van der Waals surface area contributed by atoms with Crippen LogP contribution in [0.2, 0.25) is 0 Å². The van der Waals surface area contributed by atoms with Gasteiger partial charge in [-0.15, -0.1) is 12.4 Å². The van der Waals surface area contributed by atoms with E-state index in [4.69, 9.17) is 25.4 Å². The van der Waals surface area contributed by atoms with Crippen molar-refractivity contribution in [3.63, 3.8) is 0 Å². The summed E-state index contributed by atoms with van der Waals surface area (Å²) in [5, 5.41) is 20.8. The Labute approximate surface area is 443 Å². The first-order valence-corrected chi connectivity index (χ1v) is 24.1. The summed E-state index contributed by atoms with van der Waals surface area (Å²) in [5.41, 5.74) is 12.0. The Hall–Kier alpha value is -5.35. The maximum Gasteiger partial charge on any atom is 0.408 e. The molecule has 0 aliphatic heterocycles. The van der Waals surface area contributed by atoms with E-state index in [-0.39, 0.29) is 68.4 Å². The van der Waals surface area contributed by atoms with Gasteiger partial charge in [0, 0.05) is 32.1 Å². The summed E-state index contributed by atoms with van der Waals surface area (Å²) < 4.78 is 9.98. The van der Waals surface area contributed by atoms with Crippen molar-refractivity contribution in [1.82, 2.24) is 10.6 Å². The fourth-order valence-corrected chi connectivity index (χ4v) is 5.67. The number of esters is 1. The molecule has 0 aliphatic carbocycles. The Kier molecular flexibility index (Phi) is 46.6. The number of unbranched alkanes of at least 4 members (excludes halogenated alkanes) is 4. The van der Waals surface area contributed by atoms with E-state index in [9.17, 15) is 33.6 Å². The number of hydrogen-bond donors (Lipinski definition) is 6. The average Bonchev–Trinajstić information content (AvgIpc) is 3.29. The molecule has 0 aliphatic rings. The highest BCUT2D eigenvalue weighted by molar-refractivity contribution is 5.89. The number of benzene rings is 3. The van der Waals surface area contributed by atoms with Gasteiger partial charge in [0.15, 0.2) is 11.6 Å². The number of quaternary nitrogens is 1. The molecule has 410 valence electrons. The van der Waals surface area contributed by atoms with Crippen molar-refractivity contribution in [2.24, 2.45) is 5.73 Å². The average molecular weight is 1050 g/mol. The second-order valence-electron chi connectivity index (χ2n) is 18.2. The van der Waals surface area contributed by atoms with Gasteiger partial charge in [-0.2, -0.15) is 0 Å². The smallest absolute Gasteiger partial charge is 0.408 e. The number of alkyl carbamates (subject to hydrolysis) is 1. The van der Waals surface area contributed by atoms with Gasteiger partial charge in [-0.1, -0.05) is 152 Å². The Morgan fingerprint density at radius 3 is 1.35 bits per heavy atom. The molecule has 0 heterocycles. The molecule has 3 aromatic carbocycles. The van der Waals surface area contributed by atoms with Crippen LogP contribution in [0.25, 0.3) is 0 Å².